The molecule has 0 fully saturated rings. The molecule has 0 radical (unpaired) electrons. The van der Waals surface area contributed by atoms with Gasteiger partial charge in [-0.25, -0.2) is 0 Å². The van der Waals surface area contributed by atoms with E-state index in [4.69, 9.17) is 30.5 Å². The lowest BCUT2D eigenvalue weighted by Gasteiger charge is -2.13. The molecule has 0 aliphatic rings. The van der Waals surface area contributed by atoms with Gasteiger partial charge in [0.15, 0.2) is 17.3 Å². The van der Waals surface area contributed by atoms with Crippen LogP contribution in [0.1, 0.15) is 15.9 Å². The van der Waals surface area contributed by atoms with Crippen LogP contribution in [-0.2, 0) is 0 Å². The summed E-state index contributed by atoms with van der Waals surface area (Å²) < 4.78 is 22.2. The smallest absolute Gasteiger partial charge is 0.203 e. The molecule has 1 aromatic heterocycles. The normalized spacial score (nSPS) is 10.9. The summed E-state index contributed by atoms with van der Waals surface area (Å²) in [5.74, 6) is 2.59. The average Bonchev–Trinajstić information content (AvgIpc) is 2.86. The van der Waals surface area contributed by atoms with Gasteiger partial charge in [-0.1, -0.05) is 11.6 Å². The third kappa shape index (κ3) is 4.82. The van der Waals surface area contributed by atoms with E-state index in [1.807, 2.05) is 6.07 Å². The van der Waals surface area contributed by atoms with Gasteiger partial charge in [-0.05, 0) is 72.8 Å². The van der Waals surface area contributed by atoms with Crippen molar-refractivity contribution in [3.63, 3.8) is 0 Å². The van der Waals surface area contributed by atoms with Gasteiger partial charge in [-0.3, -0.25) is 9.78 Å². The Morgan fingerprint density at radius 1 is 0.853 bits per heavy atom. The number of hydrogen-bond acceptors (Lipinski definition) is 6. The highest BCUT2D eigenvalue weighted by molar-refractivity contribution is 6.31. The molecule has 4 rings (SSSR count). The molecule has 0 N–H and O–H groups in total. The molecule has 34 heavy (non-hydrogen) atoms. The van der Waals surface area contributed by atoms with E-state index in [0.29, 0.717) is 44.9 Å². The summed E-state index contributed by atoms with van der Waals surface area (Å²) in [4.78, 5) is 17.0. The molecule has 0 unspecified atom stereocenters. The number of methoxy groups -OCH3 is 3. The molecule has 0 saturated carbocycles. The van der Waals surface area contributed by atoms with Crippen molar-refractivity contribution in [3.05, 3.63) is 89.1 Å². The Balaban J connectivity index is 1.52. The Kier molecular flexibility index (Phi) is 6.99. The Morgan fingerprint density at radius 2 is 1.62 bits per heavy atom. The van der Waals surface area contributed by atoms with Crippen molar-refractivity contribution in [2.75, 3.05) is 21.3 Å². The van der Waals surface area contributed by atoms with Crippen LogP contribution in [0.3, 0.4) is 0 Å². The lowest BCUT2D eigenvalue weighted by molar-refractivity contribution is 0.104. The number of ketones is 1. The molecule has 0 spiro atoms. The Hall–Kier alpha value is -4.03. The molecule has 0 aliphatic heterocycles. The van der Waals surface area contributed by atoms with Gasteiger partial charge >= 0.3 is 0 Å². The van der Waals surface area contributed by atoms with E-state index in [-0.39, 0.29) is 5.78 Å². The van der Waals surface area contributed by atoms with Gasteiger partial charge in [0.2, 0.25) is 5.75 Å². The van der Waals surface area contributed by atoms with Gasteiger partial charge in [-0.2, -0.15) is 0 Å². The maximum absolute atomic E-state index is 12.7. The fraction of sp³-hybridized carbons (Fsp3) is 0.111. The van der Waals surface area contributed by atoms with E-state index in [9.17, 15) is 4.79 Å². The van der Waals surface area contributed by atoms with E-state index in [1.54, 1.807) is 74.0 Å². The van der Waals surface area contributed by atoms with Gasteiger partial charge in [0.05, 0.1) is 26.8 Å². The maximum Gasteiger partial charge on any atom is 0.203 e. The van der Waals surface area contributed by atoms with Crippen LogP contribution in [0.2, 0.25) is 5.02 Å². The third-order valence-electron chi connectivity index (χ3n) is 5.18. The Morgan fingerprint density at radius 3 is 2.32 bits per heavy atom. The molecule has 3 aromatic carbocycles. The van der Waals surface area contributed by atoms with E-state index >= 15 is 0 Å². The van der Waals surface area contributed by atoms with Crippen molar-refractivity contribution in [3.8, 4) is 28.7 Å². The standard InChI is InChI=1S/C27H22ClNO5/c1-31-25-13-7-18(26(32-2)27(25)33-3)6-12-23(30)17-4-9-20(10-5-17)34-24-14-15-29-22-16-19(28)8-11-21(22)24/h4-16H,1-3H3/b12-6+. The number of fused-ring (bicyclic) bond motifs is 1. The first-order valence-corrected chi connectivity index (χ1v) is 10.8. The molecule has 0 atom stereocenters. The minimum atomic E-state index is -0.160. The first-order valence-electron chi connectivity index (χ1n) is 10.4. The van der Waals surface area contributed by atoms with Crippen molar-refractivity contribution < 1.29 is 23.7 Å². The van der Waals surface area contributed by atoms with Crippen LogP contribution >= 0.6 is 11.6 Å². The SMILES string of the molecule is COc1ccc(/C=C/C(=O)c2ccc(Oc3ccnc4cc(Cl)ccc34)cc2)c(OC)c1OC. The van der Waals surface area contributed by atoms with Gasteiger partial charge in [0.25, 0.3) is 0 Å². The van der Waals surface area contributed by atoms with Crippen LogP contribution in [0.15, 0.2) is 72.9 Å². The van der Waals surface area contributed by atoms with Crippen LogP contribution in [0, 0.1) is 0 Å². The highest BCUT2D eigenvalue weighted by Crippen LogP contribution is 2.40. The third-order valence-corrected chi connectivity index (χ3v) is 5.42. The molecule has 0 aliphatic carbocycles. The highest BCUT2D eigenvalue weighted by atomic mass is 35.5. The molecule has 4 aromatic rings. The molecule has 0 amide bonds. The summed E-state index contributed by atoms with van der Waals surface area (Å²) in [5, 5.41) is 1.46. The number of aromatic nitrogens is 1. The lowest BCUT2D eigenvalue weighted by atomic mass is 10.1. The molecule has 0 saturated heterocycles. The number of ether oxygens (including phenoxy) is 4. The fourth-order valence-corrected chi connectivity index (χ4v) is 3.68. The molecule has 1 heterocycles. The Bertz CT molecular complexity index is 1370. The number of rotatable bonds is 8. The molecule has 7 heteroatoms. The number of nitrogens with zero attached hydrogens (tertiary/aromatic N) is 1. The molecular formula is C27H22ClNO5. The van der Waals surface area contributed by atoms with Crippen LogP contribution in [0.5, 0.6) is 28.7 Å². The zero-order chi connectivity index (χ0) is 24.1. The van der Waals surface area contributed by atoms with Gasteiger partial charge in [-0.15, -0.1) is 0 Å². The van der Waals surface area contributed by atoms with Crippen LogP contribution in [0.4, 0.5) is 0 Å². The molecular weight excluding hydrogens is 454 g/mol. The largest absolute Gasteiger partial charge is 0.493 e. The number of benzene rings is 3. The molecule has 6 nitrogen and oxygen atoms in total. The Labute approximate surface area is 202 Å². The molecule has 0 bridgehead atoms. The van der Waals surface area contributed by atoms with Gasteiger partial charge in [0, 0.05) is 27.7 Å². The van der Waals surface area contributed by atoms with Crippen molar-refractivity contribution in [1.29, 1.82) is 0 Å². The number of carbonyl (C=O) groups excluding carboxylic acids is 1. The van der Waals surface area contributed by atoms with Crippen LogP contribution in [-0.4, -0.2) is 32.1 Å². The average molecular weight is 476 g/mol. The van der Waals surface area contributed by atoms with E-state index in [0.717, 1.165) is 10.9 Å². The minimum absolute atomic E-state index is 0.160. The van der Waals surface area contributed by atoms with E-state index < -0.39 is 0 Å². The highest BCUT2D eigenvalue weighted by Gasteiger charge is 2.14. The number of allylic oxidation sites excluding steroid dienone is 1. The zero-order valence-electron chi connectivity index (χ0n) is 18.9. The second-order valence-corrected chi connectivity index (χ2v) is 7.65. The first-order chi connectivity index (χ1) is 16.5. The van der Waals surface area contributed by atoms with Crippen molar-refractivity contribution in [2.24, 2.45) is 0 Å². The second kappa shape index (κ2) is 10.3. The number of hydrogen-bond donors (Lipinski definition) is 0. The topological polar surface area (TPSA) is 66.9 Å². The fourth-order valence-electron chi connectivity index (χ4n) is 3.52. The predicted octanol–water partition coefficient (Wildman–Crippen LogP) is 6.60. The van der Waals surface area contributed by atoms with Crippen LogP contribution < -0.4 is 18.9 Å². The molecule has 172 valence electrons. The summed E-state index contributed by atoms with van der Waals surface area (Å²) in [6.07, 6.45) is 4.83. The summed E-state index contributed by atoms with van der Waals surface area (Å²) in [5.41, 5.74) is 1.96. The van der Waals surface area contributed by atoms with Crippen molar-refractivity contribution >= 4 is 34.4 Å². The lowest BCUT2D eigenvalue weighted by Crippen LogP contribution is -1.97. The number of carbonyl (C=O) groups is 1. The number of halogens is 1. The quantitative estimate of drug-likeness (QED) is 0.211. The monoisotopic (exact) mass is 475 g/mol. The van der Waals surface area contributed by atoms with Crippen LogP contribution in [0.25, 0.3) is 17.0 Å². The first kappa shape index (κ1) is 23.1. The van der Waals surface area contributed by atoms with E-state index in [2.05, 4.69) is 4.98 Å². The summed E-state index contributed by atoms with van der Waals surface area (Å²) in [6, 6.07) is 17.7. The predicted molar refractivity (Wildman–Crippen MR) is 133 cm³/mol. The van der Waals surface area contributed by atoms with Gasteiger partial charge in [0.1, 0.15) is 11.5 Å². The second-order valence-electron chi connectivity index (χ2n) is 7.22. The summed E-state index contributed by atoms with van der Waals surface area (Å²) in [7, 11) is 4.62. The minimum Gasteiger partial charge on any atom is -0.493 e. The summed E-state index contributed by atoms with van der Waals surface area (Å²) >= 11 is 6.05. The van der Waals surface area contributed by atoms with E-state index in [1.165, 1.54) is 20.3 Å². The van der Waals surface area contributed by atoms with Crippen molar-refractivity contribution in [1.82, 2.24) is 4.98 Å². The van der Waals surface area contributed by atoms with Crippen molar-refractivity contribution in [2.45, 2.75) is 0 Å². The van der Waals surface area contributed by atoms with Gasteiger partial charge < -0.3 is 18.9 Å². The summed E-state index contributed by atoms with van der Waals surface area (Å²) in [6.45, 7) is 0. The maximum atomic E-state index is 12.7. The zero-order valence-corrected chi connectivity index (χ0v) is 19.6. The number of pyridine rings is 1.